The van der Waals surface area contributed by atoms with Crippen LogP contribution in [0.3, 0.4) is 0 Å². The fourth-order valence-corrected chi connectivity index (χ4v) is 1.08. The quantitative estimate of drug-likeness (QED) is 0.442. The van der Waals surface area contributed by atoms with Crippen LogP contribution in [0.5, 0.6) is 5.88 Å². The molecular formula is C10H14N2OS. The predicted molar refractivity (Wildman–Crippen MR) is 60.4 cm³/mol. The van der Waals surface area contributed by atoms with Crippen molar-refractivity contribution in [3.05, 3.63) is 37.1 Å². The summed E-state index contributed by atoms with van der Waals surface area (Å²) >= 11 is 4.20. The second kappa shape index (κ2) is 5.67. The van der Waals surface area contributed by atoms with Gasteiger partial charge in [0, 0.05) is 12.3 Å². The first-order valence-corrected chi connectivity index (χ1v) is 4.88. The molecule has 76 valence electrons. The van der Waals surface area contributed by atoms with E-state index in [9.17, 15) is 0 Å². The monoisotopic (exact) mass is 210 g/mol. The maximum atomic E-state index is 5.49. The minimum absolute atomic E-state index is 0.0433. The van der Waals surface area contributed by atoms with Crippen molar-refractivity contribution < 1.29 is 4.74 Å². The number of hydrogen-bond donors (Lipinski definition) is 2. The molecular weight excluding hydrogens is 196 g/mol. The lowest BCUT2D eigenvalue weighted by Gasteiger charge is -2.17. The first-order valence-electron chi connectivity index (χ1n) is 4.36. The summed E-state index contributed by atoms with van der Waals surface area (Å²) in [6.45, 7) is 5.58. The Morgan fingerprint density at radius 1 is 1.64 bits per heavy atom. The number of thiol groups is 1. The molecule has 0 spiro atoms. The topological polar surface area (TPSA) is 34.1 Å². The second-order valence-corrected chi connectivity index (χ2v) is 3.56. The number of nitrogens with one attached hydrogen (secondary N) is 1. The van der Waals surface area contributed by atoms with E-state index in [0.717, 1.165) is 0 Å². The van der Waals surface area contributed by atoms with Crippen LogP contribution >= 0.6 is 12.6 Å². The van der Waals surface area contributed by atoms with Gasteiger partial charge in [-0.15, -0.1) is 0 Å². The number of pyridine rings is 1. The molecule has 0 fully saturated rings. The molecule has 0 aliphatic rings. The van der Waals surface area contributed by atoms with Crippen LogP contribution in [0.1, 0.15) is 6.92 Å². The van der Waals surface area contributed by atoms with Crippen LogP contribution in [0.4, 0.5) is 0 Å². The lowest BCUT2D eigenvalue weighted by atomic mass is 10.5. The average Bonchev–Trinajstić information content (AvgIpc) is 2.17. The molecule has 4 heteroatoms. The third kappa shape index (κ3) is 3.81. The highest BCUT2D eigenvalue weighted by atomic mass is 32.1. The highest BCUT2D eigenvalue weighted by molar-refractivity contribution is 7.80. The van der Waals surface area contributed by atoms with Crippen molar-refractivity contribution in [3.8, 4) is 5.88 Å². The van der Waals surface area contributed by atoms with E-state index in [0.29, 0.717) is 5.88 Å². The summed E-state index contributed by atoms with van der Waals surface area (Å²) in [5.74, 6) is 0.568. The number of ether oxygens (including phenoxy) is 1. The van der Waals surface area contributed by atoms with Gasteiger partial charge in [-0.1, -0.05) is 12.6 Å². The summed E-state index contributed by atoms with van der Waals surface area (Å²) in [7, 11) is 0. The van der Waals surface area contributed by atoms with Crippen molar-refractivity contribution >= 4 is 12.6 Å². The lowest BCUT2D eigenvalue weighted by Crippen LogP contribution is -2.36. The number of aromatic nitrogens is 1. The van der Waals surface area contributed by atoms with Gasteiger partial charge in [-0.2, -0.15) is 12.6 Å². The Kier molecular flexibility index (Phi) is 4.49. The van der Waals surface area contributed by atoms with Crippen molar-refractivity contribution in [2.45, 2.75) is 18.5 Å². The highest BCUT2D eigenvalue weighted by Gasteiger charge is 2.07. The van der Waals surface area contributed by atoms with Crippen molar-refractivity contribution in [1.29, 1.82) is 0 Å². The van der Waals surface area contributed by atoms with E-state index < -0.39 is 0 Å². The van der Waals surface area contributed by atoms with Crippen LogP contribution in [0.2, 0.25) is 0 Å². The average molecular weight is 210 g/mol. The first kappa shape index (κ1) is 11.1. The Hall–Kier alpha value is -1.00. The predicted octanol–water partition coefficient (Wildman–Crippen LogP) is 1.84. The SMILES string of the molecule is C=CC(NC(C)S)Oc1ccccn1. The van der Waals surface area contributed by atoms with Crippen LogP contribution in [-0.4, -0.2) is 16.6 Å². The van der Waals surface area contributed by atoms with Gasteiger partial charge in [0.05, 0.1) is 5.37 Å². The molecule has 0 aliphatic heterocycles. The Labute approximate surface area is 89.6 Å². The van der Waals surface area contributed by atoms with Crippen molar-refractivity contribution in [1.82, 2.24) is 10.3 Å². The van der Waals surface area contributed by atoms with Crippen molar-refractivity contribution in [2.24, 2.45) is 0 Å². The third-order valence-electron chi connectivity index (χ3n) is 1.51. The molecule has 1 aromatic heterocycles. The van der Waals surface area contributed by atoms with E-state index in [1.807, 2.05) is 19.1 Å². The molecule has 0 aliphatic carbocycles. The van der Waals surface area contributed by atoms with Gasteiger partial charge in [0.2, 0.25) is 5.88 Å². The molecule has 1 N–H and O–H groups in total. The molecule has 2 unspecified atom stereocenters. The largest absolute Gasteiger partial charge is 0.455 e. The van der Waals surface area contributed by atoms with Crippen LogP contribution < -0.4 is 10.1 Å². The molecule has 0 amide bonds. The highest BCUT2D eigenvalue weighted by Crippen LogP contribution is 2.06. The van der Waals surface area contributed by atoms with E-state index in [1.165, 1.54) is 0 Å². The standard InChI is InChI=1S/C10H14N2OS/c1-3-9(12-8(2)14)13-10-6-4-5-7-11-10/h3-9,12,14H,1H2,2H3. The molecule has 0 saturated heterocycles. The van der Waals surface area contributed by atoms with Gasteiger partial charge in [-0.3, -0.25) is 5.32 Å². The number of nitrogens with zero attached hydrogens (tertiary/aromatic N) is 1. The summed E-state index contributed by atoms with van der Waals surface area (Å²) in [6.07, 6.45) is 3.08. The van der Waals surface area contributed by atoms with Gasteiger partial charge in [0.1, 0.15) is 0 Å². The Morgan fingerprint density at radius 2 is 2.43 bits per heavy atom. The zero-order valence-electron chi connectivity index (χ0n) is 8.05. The minimum atomic E-state index is -0.266. The molecule has 0 bridgehead atoms. The molecule has 1 heterocycles. The van der Waals surface area contributed by atoms with Gasteiger partial charge in [0.25, 0.3) is 0 Å². The third-order valence-corrected chi connectivity index (χ3v) is 1.65. The maximum absolute atomic E-state index is 5.49. The van der Waals surface area contributed by atoms with Crippen molar-refractivity contribution in [2.75, 3.05) is 0 Å². The van der Waals surface area contributed by atoms with Gasteiger partial charge >= 0.3 is 0 Å². The van der Waals surface area contributed by atoms with E-state index in [4.69, 9.17) is 4.74 Å². The molecule has 0 aromatic carbocycles. The molecule has 1 aromatic rings. The van der Waals surface area contributed by atoms with Gasteiger partial charge in [-0.25, -0.2) is 4.98 Å². The fraction of sp³-hybridized carbons (Fsp3) is 0.300. The van der Waals surface area contributed by atoms with E-state index in [-0.39, 0.29) is 11.6 Å². The summed E-state index contributed by atoms with van der Waals surface area (Å²) in [5, 5.41) is 3.11. The van der Waals surface area contributed by atoms with E-state index in [1.54, 1.807) is 18.3 Å². The zero-order chi connectivity index (χ0) is 10.4. The minimum Gasteiger partial charge on any atom is -0.455 e. The Morgan fingerprint density at radius 3 is 2.93 bits per heavy atom. The van der Waals surface area contributed by atoms with Crippen LogP contribution in [0, 0.1) is 0 Å². The van der Waals surface area contributed by atoms with Crippen molar-refractivity contribution in [3.63, 3.8) is 0 Å². The summed E-state index contributed by atoms with van der Waals surface area (Å²) < 4.78 is 5.49. The molecule has 3 nitrogen and oxygen atoms in total. The number of hydrogen-bond acceptors (Lipinski definition) is 4. The first-order chi connectivity index (χ1) is 6.72. The smallest absolute Gasteiger partial charge is 0.215 e. The molecule has 14 heavy (non-hydrogen) atoms. The molecule has 2 atom stereocenters. The Balaban J connectivity index is 2.53. The Bertz CT molecular complexity index is 277. The van der Waals surface area contributed by atoms with E-state index in [2.05, 4.69) is 29.5 Å². The van der Waals surface area contributed by atoms with Crippen LogP contribution in [-0.2, 0) is 0 Å². The molecule has 0 radical (unpaired) electrons. The summed E-state index contributed by atoms with van der Waals surface area (Å²) in [6, 6.07) is 5.50. The lowest BCUT2D eigenvalue weighted by molar-refractivity contribution is 0.201. The molecule has 0 saturated carbocycles. The maximum Gasteiger partial charge on any atom is 0.215 e. The number of rotatable bonds is 5. The summed E-state index contributed by atoms with van der Waals surface area (Å²) in [4.78, 5) is 4.04. The second-order valence-electron chi connectivity index (χ2n) is 2.78. The molecule has 1 rings (SSSR count). The fourth-order valence-electron chi connectivity index (χ4n) is 0.935. The van der Waals surface area contributed by atoms with Gasteiger partial charge in [0.15, 0.2) is 6.23 Å². The summed E-state index contributed by atoms with van der Waals surface area (Å²) in [5.41, 5.74) is 0. The van der Waals surface area contributed by atoms with E-state index >= 15 is 0 Å². The van der Waals surface area contributed by atoms with Gasteiger partial charge < -0.3 is 4.74 Å². The van der Waals surface area contributed by atoms with Crippen LogP contribution in [0.25, 0.3) is 0 Å². The van der Waals surface area contributed by atoms with Gasteiger partial charge in [-0.05, 0) is 19.1 Å². The normalized spacial score (nSPS) is 14.4. The zero-order valence-corrected chi connectivity index (χ0v) is 8.95. The van der Waals surface area contributed by atoms with Crippen LogP contribution in [0.15, 0.2) is 37.1 Å².